The summed E-state index contributed by atoms with van der Waals surface area (Å²) in [4.78, 5) is 4.77. The predicted octanol–water partition coefficient (Wildman–Crippen LogP) is 5.36. The maximum atomic E-state index is 13.0. The number of aryl methyl sites for hydroxylation is 1. The fraction of sp³-hybridized carbons (Fsp3) is 0.471. The van der Waals surface area contributed by atoms with Gasteiger partial charge in [0.1, 0.15) is 0 Å². The number of anilines is 1. The van der Waals surface area contributed by atoms with Crippen LogP contribution in [0.4, 0.5) is 5.69 Å². The highest BCUT2D eigenvalue weighted by Gasteiger charge is 2.28. The minimum atomic E-state index is -3.43. The molecule has 24 heavy (non-hydrogen) atoms. The van der Waals surface area contributed by atoms with Crippen LogP contribution in [0.1, 0.15) is 37.9 Å². The topological polar surface area (TPSA) is 60.5 Å². The summed E-state index contributed by atoms with van der Waals surface area (Å²) in [6.07, 6.45) is 4.03. The zero-order valence-corrected chi connectivity index (χ0v) is 15.6. The number of halogens is 1. The molecule has 0 spiro atoms. The third-order valence-corrected chi connectivity index (χ3v) is 6.00. The van der Waals surface area contributed by atoms with E-state index >= 15 is 0 Å². The molecule has 0 saturated heterocycles. The molecule has 1 aliphatic rings. The molecule has 2 aromatic rings. The van der Waals surface area contributed by atoms with E-state index in [0.29, 0.717) is 18.2 Å². The van der Waals surface area contributed by atoms with Gasteiger partial charge < -0.3 is 0 Å². The maximum Gasteiger partial charge on any atom is 0.432 e. The molecule has 0 atom stereocenters. The van der Waals surface area contributed by atoms with Gasteiger partial charge in [-0.05, 0) is 63.3 Å². The molecule has 1 aliphatic carbocycles. The van der Waals surface area contributed by atoms with E-state index in [2.05, 4.69) is 5.09 Å². The van der Waals surface area contributed by atoms with E-state index in [1.165, 1.54) is 0 Å². The summed E-state index contributed by atoms with van der Waals surface area (Å²) in [5.41, 5.74) is 3.76. The Hall–Kier alpha value is -1.13. The molecule has 1 N–H and O–H groups in total. The second-order valence-corrected chi connectivity index (χ2v) is 7.90. The van der Waals surface area contributed by atoms with Gasteiger partial charge in [0.25, 0.3) is 0 Å². The summed E-state index contributed by atoms with van der Waals surface area (Å²) in [5.74, 6) is 0. The first-order valence-electron chi connectivity index (χ1n) is 8.34. The van der Waals surface area contributed by atoms with Gasteiger partial charge in [-0.3, -0.25) is 19.1 Å². The monoisotopic (exact) mass is 368 g/mol. The number of hydrogen-bond donors (Lipinski definition) is 1. The van der Waals surface area contributed by atoms with E-state index in [4.69, 9.17) is 25.6 Å². The summed E-state index contributed by atoms with van der Waals surface area (Å²) in [7, 11) is -3.43. The van der Waals surface area contributed by atoms with E-state index in [1.807, 2.05) is 18.2 Å². The second kappa shape index (κ2) is 7.40. The van der Waals surface area contributed by atoms with Gasteiger partial charge in [-0.1, -0.05) is 11.6 Å². The number of pyridine rings is 1. The van der Waals surface area contributed by atoms with Crippen LogP contribution in [0.2, 0.25) is 5.02 Å². The predicted molar refractivity (Wildman–Crippen MR) is 97.9 cm³/mol. The molecule has 0 saturated carbocycles. The first kappa shape index (κ1) is 17.7. The Kier molecular flexibility index (Phi) is 5.46. The molecule has 0 fully saturated rings. The molecule has 0 aliphatic heterocycles. The third kappa shape index (κ3) is 3.60. The van der Waals surface area contributed by atoms with Gasteiger partial charge in [-0.25, -0.2) is 4.57 Å². The molecule has 130 valence electrons. The van der Waals surface area contributed by atoms with Crippen molar-refractivity contribution in [1.29, 1.82) is 0 Å². The van der Waals surface area contributed by atoms with Crippen molar-refractivity contribution >= 4 is 35.9 Å². The average molecular weight is 369 g/mol. The smallest absolute Gasteiger partial charge is 0.293 e. The Morgan fingerprint density at radius 1 is 1.21 bits per heavy atom. The number of nitrogens with one attached hydrogen (secondary N) is 1. The van der Waals surface area contributed by atoms with Crippen molar-refractivity contribution in [2.75, 3.05) is 18.3 Å². The number of rotatable bonds is 6. The lowest BCUT2D eigenvalue weighted by Gasteiger charge is -2.25. The molecule has 1 aromatic carbocycles. The van der Waals surface area contributed by atoms with Crippen molar-refractivity contribution in [2.45, 2.75) is 39.5 Å². The van der Waals surface area contributed by atoms with Crippen LogP contribution in [0.5, 0.6) is 0 Å². The van der Waals surface area contributed by atoms with Gasteiger partial charge in [0, 0.05) is 16.1 Å². The summed E-state index contributed by atoms with van der Waals surface area (Å²) in [6.45, 7) is 4.20. The fourth-order valence-electron chi connectivity index (χ4n) is 3.10. The number of hydrogen-bond acceptors (Lipinski definition) is 4. The van der Waals surface area contributed by atoms with E-state index < -0.39 is 7.75 Å². The van der Waals surface area contributed by atoms with Gasteiger partial charge in [0.15, 0.2) is 0 Å². The van der Waals surface area contributed by atoms with Crippen LogP contribution in [-0.4, -0.2) is 18.2 Å². The van der Waals surface area contributed by atoms with Crippen LogP contribution in [0.15, 0.2) is 18.2 Å². The molecule has 0 radical (unpaired) electrons. The maximum absolute atomic E-state index is 13.0. The first-order valence-corrected chi connectivity index (χ1v) is 10.3. The summed E-state index contributed by atoms with van der Waals surface area (Å²) >= 11 is 6.18. The first-order chi connectivity index (χ1) is 11.6. The van der Waals surface area contributed by atoms with Gasteiger partial charge in [-0.2, -0.15) is 0 Å². The van der Waals surface area contributed by atoms with E-state index in [0.717, 1.165) is 53.5 Å². The Labute approximate surface area is 147 Å². The highest BCUT2D eigenvalue weighted by atomic mass is 35.5. The van der Waals surface area contributed by atoms with Crippen molar-refractivity contribution in [3.63, 3.8) is 0 Å². The molecule has 0 amide bonds. The Morgan fingerprint density at radius 3 is 2.62 bits per heavy atom. The summed E-state index contributed by atoms with van der Waals surface area (Å²) in [6, 6.07) is 5.56. The van der Waals surface area contributed by atoms with E-state index in [9.17, 15) is 4.57 Å². The highest BCUT2D eigenvalue weighted by molar-refractivity contribution is 7.55. The molecule has 3 rings (SSSR count). The minimum absolute atomic E-state index is 0.302. The molecule has 7 heteroatoms. The van der Waals surface area contributed by atoms with Crippen LogP contribution >= 0.6 is 19.3 Å². The second-order valence-electron chi connectivity index (χ2n) is 5.73. The van der Waals surface area contributed by atoms with Gasteiger partial charge in [0.05, 0.1) is 24.4 Å². The molecule has 1 aromatic heterocycles. The van der Waals surface area contributed by atoms with Gasteiger partial charge >= 0.3 is 7.75 Å². The molecule has 1 heterocycles. The van der Waals surface area contributed by atoms with Gasteiger partial charge in [-0.15, -0.1) is 0 Å². The van der Waals surface area contributed by atoms with Crippen molar-refractivity contribution < 1.29 is 13.6 Å². The normalized spacial score (nSPS) is 14.6. The van der Waals surface area contributed by atoms with Crippen molar-refractivity contribution in [3.05, 3.63) is 34.5 Å². The zero-order valence-electron chi connectivity index (χ0n) is 14.0. The van der Waals surface area contributed by atoms with Crippen LogP contribution in [0.25, 0.3) is 10.9 Å². The Bertz CT molecular complexity index is 787. The van der Waals surface area contributed by atoms with Crippen LogP contribution in [-0.2, 0) is 26.5 Å². The van der Waals surface area contributed by atoms with Gasteiger partial charge in [0.2, 0.25) is 0 Å². The average Bonchev–Trinajstić information content (AvgIpc) is 2.55. The molecule has 5 nitrogen and oxygen atoms in total. The molecule has 0 bridgehead atoms. The Balaban J connectivity index is 2.16. The lowest BCUT2D eigenvalue weighted by atomic mass is 9.93. The number of aromatic nitrogens is 1. The van der Waals surface area contributed by atoms with Crippen LogP contribution in [0.3, 0.4) is 0 Å². The van der Waals surface area contributed by atoms with Crippen LogP contribution in [0, 0.1) is 0 Å². The number of fused-ring (bicyclic) bond motifs is 2. The number of nitrogens with zero attached hydrogens (tertiary/aromatic N) is 1. The lowest BCUT2D eigenvalue weighted by Crippen LogP contribution is -2.12. The quantitative estimate of drug-likeness (QED) is 0.695. The fourth-order valence-corrected chi connectivity index (χ4v) is 4.69. The van der Waals surface area contributed by atoms with E-state index in [-0.39, 0.29) is 0 Å². The summed E-state index contributed by atoms with van der Waals surface area (Å²) < 4.78 is 23.8. The zero-order chi connectivity index (χ0) is 17.2. The van der Waals surface area contributed by atoms with Crippen LogP contribution < -0.4 is 5.09 Å². The number of benzene rings is 1. The van der Waals surface area contributed by atoms with Crippen molar-refractivity contribution in [3.8, 4) is 0 Å². The molecular weight excluding hydrogens is 347 g/mol. The van der Waals surface area contributed by atoms with Crippen molar-refractivity contribution in [2.24, 2.45) is 0 Å². The standard InChI is InChI=1S/C17H22ClN2O3P/c1-3-22-24(21,23-4-2)20-17-13-7-5-6-8-15(13)19-16-10-9-12(18)11-14(16)17/h9-11H,3-8H2,1-2H3,(H,19,20,21). The lowest BCUT2D eigenvalue weighted by molar-refractivity contribution is 0.225. The molecule has 0 unspecified atom stereocenters. The largest absolute Gasteiger partial charge is 0.432 e. The minimum Gasteiger partial charge on any atom is -0.293 e. The Morgan fingerprint density at radius 2 is 1.92 bits per heavy atom. The SMILES string of the molecule is CCOP(=O)(Nc1c2c(nc3ccc(Cl)cc13)CCCC2)OCC. The van der Waals surface area contributed by atoms with E-state index in [1.54, 1.807) is 13.8 Å². The summed E-state index contributed by atoms with van der Waals surface area (Å²) in [5, 5.41) is 4.53. The highest BCUT2D eigenvalue weighted by Crippen LogP contribution is 2.50. The molecular formula is C17H22ClN2O3P. The third-order valence-electron chi connectivity index (χ3n) is 4.07. The van der Waals surface area contributed by atoms with Crippen molar-refractivity contribution in [1.82, 2.24) is 4.98 Å².